The SMILES string of the molecule is CC(=O)Oc1ccc(OC(=O)Cc2cccc(CO[N+](=O)[O-])c2)cc1S(=O)(=O)O. The van der Waals surface area contributed by atoms with Gasteiger partial charge in [-0.15, -0.1) is 10.1 Å². The van der Waals surface area contributed by atoms with Gasteiger partial charge in [0, 0.05) is 13.0 Å². The van der Waals surface area contributed by atoms with E-state index in [1.54, 1.807) is 18.2 Å². The minimum absolute atomic E-state index is 0.202. The molecule has 0 aliphatic carbocycles. The van der Waals surface area contributed by atoms with Crippen LogP contribution in [0.4, 0.5) is 0 Å². The van der Waals surface area contributed by atoms with Crippen molar-refractivity contribution in [2.75, 3.05) is 0 Å². The molecular weight excluding hydrogens is 410 g/mol. The van der Waals surface area contributed by atoms with Gasteiger partial charge in [-0.3, -0.25) is 14.1 Å². The summed E-state index contributed by atoms with van der Waals surface area (Å²) in [5.74, 6) is -2.19. The van der Waals surface area contributed by atoms with Gasteiger partial charge in [-0.05, 0) is 23.3 Å². The van der Waals surface area contributed by atoms with Crippen LogP contribution < -0.4 is 9.47 Å². The Morgan fingerprint density at radius 1 is 1.10 bits per heavy atom. The van der Waals surface area contributed by atoms with Gasteiger partial charge in [-0.25, -0.2) is 0 Å². The Labute approximate surface area is 164 Å². The first-order valence-electron chi connectivity index (χ1n) is 7.90. The van der Waals surface area contributed by atoms with Gasteiger partial charge in [0.05, 0.1) is 6.42 Å². The number of hydrogen-bond donors (Lipinski definition) is 1. The summed E-state index contributed by atoms with van der Waals surface area (Å²) in [6.45, 7) is 0.762. The molecule has 0 spiro atoms. The molecule has 11 nitrogen and oxygen atoms in total. The fourth-order valence-corrected chi connectivity index (χ4v) is 2.91. The lowest BCUT2D eigenvalue weighted by atomic mass is 10.1. The van der Waals surface area contributed by atoms with E-state index < -0.39 is 37.8 Å². The molecule has 0 amide bonds. The molecule has 0 heterocycles. The van der Waals surface area contributed by atoms with E-state index in [1.165, 1.54) is 12.1 Å². The highest BCUT2D eigenvalue weighted by molar-refractivity contribution is 7.86. The fourth-order valence-electron chi connectivity index (χ4n) is 2.28. The van der Waals surface area contributed by atoms with Crippen LogP contribution in [0, 0.1) is 10.1 Å². The molecule has 0 fully saturated rings. The Bertz CT molecular complexity index is 1050. The Balaban J connectivity index is 2.14. The summed E-state index contributed by atoms with van der Waals surface area (Å²) in [6, 6.07) is 9.33. The van der Waals surface area contributed by atoms with Crippen LogP contribution in [0.25, 0.3) is 0 Å². The van der Waals surface area contributed by atoms with Crippen molar-refractivity contribution in [1.29, 1.82) is 0 Å². The second-order valence-electron chi connectivity index (χ2n) is 5.65. The van der Waals surface area contributed by atoms with E-state index in [-0.39, 0.29) is 18.8 Å². The second-order valence-corrected chi connectivity index (χ2v) is 7.04. The monoisotopic (exact) mass is 425 g/mol. The largest absolute Gasteiger partial charge is 0.426 e. The smallest absolute Gasteiger partial charge is 0.315 e. The lowest BCUT2D eigenvalue weighted by Crippen LogP contribution is -2.13. The third-order valence-electron chi connectivity index (χ3n) is 3.35. The van der Waals surface area contributed by atoms with Gasteiger partial charge >= 0.3 is 11.9 Å². The van der Waals surface area contributed by atoms with Gasteiger partial charge in [-0.1, -0.05) is 24.3 Å². The molecule has 12 heteroatoms. The van der Waals surface area contributed by atoms with Crippen LogP contribution in [0.15, 0.2) is 47.4 Å². The highest BCUT2D eigenvalue weighted by Crippen LogP contribution is 2.28. The van der Waals surface area contributed by atoms with Gasteiger partial charge < -0.3 is 14.3 Å². The zero-order chi connectivity index (χ0) is 21.6. The summed E-state index contributed by atoms with van der Waals surface area (Å²) in [7, 11) is -4.75. The number of carbonyl (C=O) groups excluding carboxylic acids is 2. The van der Waals surface area contributed by atoms with Crippen LogP contribution in [0.5, 0.6) is 11.5 Å². The third kappa shape index (κ3) is 6.86. The molecule has 0 saturated carbocycles. The van der Waals surface area contributed by atoms with Crippen molar-refractivity contribution in [3.8, 4) is 11.5 Å². The van der Waals surface area contributed by atoms with E-state index in [4.69, 9.17) is 9.47 Å². The molecule has 0 atom stereocenters. The average Bonchev–Trinajstić information content (AvgIpc) is 2.60. The fraction of sp³-hybridized carbons (Fsp3) is 0.176. The predicted octanol–water partition coefficient (Wildman–Crippen LogP) is 1.72. The zero-order valence-corrected chi connectivity index (χ0v) is 15.7. The van der Waals surface area contributed by atoms with Crippen molar-refractivity contribution < 1.29 is 42.0 Å². The van der Waals surface area contributed by atoms with Crippen LogP contribution >= 0.6 is 0 Å². The quantitative estimate of drug-likeness (QED) is 0.217. The molecule has 0 aliphatic rings. The van der Waals surface area contributed by atoms with Gasteiger partial charge in [0.1, 0.15) is 17.3 Å². The Hall–Kier alpha value is -3.51. The van der Waals surface area contributed by atoms with E-state index in [0.717, 1.165) is 19.1 Å². The molecule has 0 aliphatic heterocycles. The topological polar surface area (TPSA) is 159 Å². The Morgan fingerprint density at radius 3 is 2.41 bits per heavy atom. The molecule has 0 bridgehead atoms. The van der Waals surface area contributed by atoms with E-state index in [1.807, 2.05) is 0 Å². The summed E-state index contributed by atoms with van der Waals surface area (Å²) in [5, 5.41) is 9.30. The van der Waals surface area contributed by atoms with Gasteiger partial charge in [0.2, 0.25) is 0 Å². The van der Waals surface area contributed by atoms with Crippen LogP contribution in [-0.4, -0.2) is 30.0 Å². The molecule has 0 aromatic heterocycles. The molecular formula is C17H15NO10S. The Kier molecular flexibility index (Phi) is 6.85. The van der Waals surface area contributed by atoms with Crippen LogP contribution in [0.1, 0.15) is 18.1 Å². The van der Waals surface area contributed by atoms with Crippen molar-refractivity contribution in [1.82, 2.24) is 0 Å². The number of nitrogens with zero attached hydrogens (tertiary/aromatic N) is 1. The van der Waals surface area contributed by atoms with Crippen LogP contribution in [0.3, 0.4) is 0 Å². The van der Waals surface area contributed by atoms with Crippen molar-refractivity contribution >= 4 is 22.1 Å². The second kappa shape index (κ2) is 9.12. The maximum absolute atomic E-state index is 12.1. The van der Waals surface area contributed by atoms with E-state index in [0.29, 0.717) is 11.1 Å². The number of benzene rings is 2. The average molecular weight is 425 g/mol. The molecule has 2 rings (SSSR count). The lowest BCUT2D eigenvalue weighted by Gasteiger charge is -2.10. The molecule has 0 unspecified atom stereocenters. The van der Waals surface area contributed by atoms with E-state index in [9.17, 15) is 32.7 Å². The van der Waals surface area contributed by atoms with E-state index in [2.05, 4.69) is 4.84 Å². The highest BCUT2D eigenvalue weighted by atomic mass is 32.2. The summed E-state index contributed by atoms with van der Waals surface area (Å²) >= 11 is 0. The maximum atomic E-state index is 12.1. The van der Waals surface area contributed by atoms with Crippen LogP contribution in [0.2, 0.25) is 0 Å². The van der Waals surface area contributed by atoms with Crippen LogP contribution in [-0.2, 0) is 37.6 Å². The molecule has 2 aromatic carbocycles. The lowest BCUT2D eigenvalue weighted by molar-refractivity contribution is -0.763. The van der Waals surface area contributed by atoms with E-state index >= 15 is 0 Å². The van der Waals surface area contributed by atoms with Gasteiger partial charge in [-0.2, -0.15) is 8.42 Å². The summed E-state index contributed by atoms with van der Waals surface area (Å²) in [6.07, 6.45) is -0.223. The standard InChI is InChI=1S/C17H15NO10S/c1-11(19)27-15-6-5-14(9-16(15)29(23,24)25)28-17(20)8-12-3-2-4-13(7-12)10-26-18(21)22/h2-7,9H,8,10H2,1H3,(H,23,24,25). The van der Waals surface area contributed by atoms with Crippen molar-refractivity contribution in [3.05, 3.63) is 63.7 Å². The van der Waals surface area contributed by atoms with Crippen molar-refractivity contribution in [2.24, 2.45) is 0 Å². The normalized spacial score (nSPS) is 10.8. The number of esters is 2. The van der Waals surface area contributed by atoms with Crippen molar-refractivity contribution in [3.63, 3.8) is 0 Å². The maximum Gasteiger partial charge on any atom is 0.315 e. The number of hydrogen-bond acceptors (Lipinski definition) is 9. The first-order chi connectivity index (χ1) is 13.5. The molecule has 2 aromatic rings. The first-order valence-corrected chi connectivity index (χ1v) is 9.34. The molecule has 1 N–H and O–H groups in total. The minimum Gasteiger partial charge on any atom is -0.426 e. The molecule has 154 valence electrons. The summed E-state index contributed by atoms with van der Waals surface area (Å²) in [4.78, 5) is 36.9. The molecule has 29 heavy (non-hydrogen) atoms. The first kappa shape index (κ1) is 21.8. The van der Waals surface area contributed by atoms with Crippen molar-refractivity contribution in [2.45, 2.75) is 24.8 Å². The number of ether oxygens (including phenoxy) is 2. The number of carbonyl (C=O) groups is 2. The third-order valence-corrected chi connectivity index (χ3v) is 4.23. The predicted molar refractivity (Wildman–Crippen MR) is 95.1 cm³/mol. The zero-order valence-electron chi connectivity index (χ0n) is 14.9. The van der Waals surface area contributed by atoms with Gasteiger partial charge in [0.25, 0.3) is 15.2 Å². The number of rotatable bonds is 8. The molecule has 0 saturated heterocycles. The summed E-state index contributed by atoms with van der Waals surface area (Å²) in [5.41, 5.74) is 0.942. The summed E-state index contributed by atoms with van der Waals surface area (Å²) < 4.78 is 42.0. The minimum atomic E-state index is -4.75. The Morgan fingerprint density at radius 2 is 1.79 bits per heavy atom. The van der Waals surface area contributed by atoms with Gasteiger partial charge in [0.15, 0.2) is 5.75 Å². The molecule has 0 radical (unpaired) electrons. The highest BCUT2D eigenvalue weighted by Gasteiger charge is 2.20.